The Morgan fingerprint density at radius 3 is 2.67 bits per heavy atom. The predicted molar refractivity (Wildman–Crippen MR) is 68.7 cm³/mol. The molecule has 1 amide bonds. The van der Waals surface area contributed by atoms with Crippen LogP contribution in [0.5, 0.6) is 0 Å². The quantitative estimate of drug-likeness (QED) is 0.846. The van der Waals surface area contributed by atoms with Crippen LogP contribution in [0.15, 0.2) is 24.3 Å². The van der Waals surface area contributed by atoms with Crippen LogP contribution in [0.25, 0.3) is 0 Å². The van der Waals surface area contributed by atoms with Gasteiger partial charge in [-0.3, -0.25) is 4.79 Å². The van der Waals surface area contributed by atoms with Gasteiger partial charge in [-0.25, -0.2) is 4.39 Å². The minimum Gasteiger partial charge on any atom is -0.372 e. The van der Waals surface area contributed by atoms with Gasteiger partial charge in [0.25, 0.3) is 0 Å². The summed E-state index contributed by atoms with van der Waals surface area (Å²) in [6.07, 6.45) is 1.26. The van der Waals surface area contributed by atoms with Gasteiger partial charge >= 0.3 is 0 Å². The summed E-state index contributed by atoms with van der Waals surface area (Å²) in [5.74, 6) is -0.372. The highest BCUT2D eigenvalue weighted by molar-refractivity contribution is 5.75. The molecule has 0 aromatic heterocycles. The summed E-state index contributed by atoms with van der Waals surface area (Å²) in [6.45, 7) is 3.95. The molecular weight excluding hydrogens is 233 g/mol. The number of nitrogens with one attached hydrogen (secondary N) is 1. The Balaban J connectivity index is 2.80. The van der Waals surface area contributed by atoms with Crippen LogP contribution in [0, 0.1) is 5.82 Å². The van der Waals surface area contributed by atoms with Crippen LogP contribution in [-0.4, -0.2) is 19.6 Å². The zero-order valence-electron chi connectivity index (χ0n) is 11.1. The summed E-state index contributed by atoms with van der Waals surface area (Å²) in [5.41, 5.74) is -0.404. The molecule has 100 valence electrons. The van der Waals surface area contributed by atoms with Gasteiger partial charge < -0.3 is 10.1 Å². The molecule has 4 heteroatoms. The standard InChI is InChI=1S/C14H20FNO2/c1-4-7-13(17)16-10-14(2,18-3)11-8-5-6-9-12(11)15/h5-6,8-9H,4,7,10H2,1-3H3,(H,16,17). The summed E-state index contributed by atoms with van der Waals surface area (Å²) >= 11 is 0. The number of benzene rings is 1. The number of hydrogen-bond acceptors (Lipinski definition) is 2. The zero-order chi connectivity index (χ0) is 13.6. The van der Waals surface area contributed by atoms with Gasteiger partial charge in [-0.1, -0.05) is 25.1 Å². The SMILES string of the molecule is CCCC(=O)NCC(C)(OC)c1ccccc1F. The maximum atomic E-state index is 13.8. The molecule has 1 unspecified atom stereocenters. The summed E-state index contributed by atoms with van der Waals surface area (Å²) in [7, 11) is 1.51. The number of carbonyl (C=O) groups is 1. The highest BCUT2D eigenvalue weighted by atomic mass is 19.1. The van der Waals surface area contributed by atoms with E-state index in [0.29, 0.717) is 12.0 Å². The Kier molecular flexibility index (Phi) is 5.28. The van der Waals surface area contributed by atoms with Crippen molar-refractivity contribution in [1.82, 2.24) is 5.32 Å². The van der Waals surface area contributed by atoms with Crippen molar-refractivity contribution < 1.29 is 13.9 Å². The second-order valence-corrected chi connectivity index (χ2v) is 4.44. The average molecular weight is 253 g/mol. The van der Waals surface area contributed by atoms with E-state index in [9.17, 15) is 9.18 Å². The molecule has 0 saturated carbocycles. The van der Waals surface area contributed by atoms with Gasteiger partial charge in [0.2, 0.25) is 5.91 Å². The van der Waals surface area contributed by atoms with Crippen molar-refractivity contribution in [3.8, 4) is 0 Å². The fourth-order valence-electron chi connectivity index (χ4n) is 1.75. The molecule has 0 aliphatic rings. The molecule has 0 saturated heterocycles. The third-order valence-corrected chi connectivity index (χ3v) is 2.99. The number of ether oxygens (including phenoxy) is 1. The van der Waals surface area contributed by atoms with Crippen LogP contribution in [0.4, 0.5) is 4.39 Å². The number of amides is 1. The van der Waals surface area contributed by atoms with E-state index in [1.54, 1.807) is 25.1 Å². The van der Waals surface area contributed by atoms with Crippen molar-refractivity contribution in [1.29, 1.82) is 0 Å². The number of rotatable bonds is 6. The highest BCUT2D eigenvalue weighted by Gasteiger charge is 2.29. The summed E-state index contributed by atoms with van der Waals surface area (Å²) in [6, 6.07) is 6.44. The third-order valence-electron chi connectivity index (χ3n) is 2.99. The Bertz CT molecular complexity index is 409. The fourth-order valence-corrected chi connectivity index (χ4v) is 1.75. The van der Waals surface area contributed by atoms with Crippen molar-refractivity contribution in [2.24, 2.45) is 0 Å². The minimum atomic E-state index is -0.852. The summed E-state index contributed by atoms with van der Waals surface area (Å²) in [4.78, 5) is 11.5. The number of hydrogen-bond donors (Lipinski definition) is 1. The number of carbonyl (C=O) groups excluding carboxylic acids is 1. The lowest BCUT2D eigenvalue weighted by Gasteiger charge is -2.29. The van der Waals surface area contributed by atoms with E-state index in [1.165, 1.54) is 13.2 Å². The Labute approximate surface area is 107 Å². The second kappa shape index (κ2) is 6.50. The first kappa shape index (κ1) is 14.6. The Morgan fingerprint density at radius 1 is 1.44 bits per heavy atom. The first-order chi connectivity index (χ1) is 8.53. The molecule has 0 radical (unpaired) electrons. The molecule has 18 heavy (non-hydrogen) atoms. The zero-order valence-corrected chi connectivity index (χ0v) is 11.1. The van der Waals surface area contributed by atoms with Gasteiger partial charge in [0.1, 0.15) is 11.4 Å². The summed E-state index contributed by atoms with van der Waals surface area (Å²) in [5, 5.41) is 2.77. The van der Waals surface area contributed by atoms with Crippen LogP contribution in [0.2, 0.25) is 0 Å². The molecule has 1 rings (SSSR count). The summed E-state index contributed by atoms with van der Waals surface area (Å²) < 4.78 is 19.1. The molecule has 0 spiro atoms. The van der Waals surface area contributed by atoms with E-state index >= 15 is 0 Å². The molecular formula is C14H20FNO2. The van der Waals surface area contributed by atoms with Crippen LogP contribution >= 0.6 is 0 Å². The van der Waals surface area contributed by atoms with Crippen LogP contribution in [0.1, 0.15) is 32.3 Å². The lowest BCUT2D eigenvalue weighted by atomic mass is 9.95. The number of methoxy groups -OCH3 is 1. The molecule has 0 aliphatic heterocycles. The van der Waals surface area contributed by atoms with Crippen molar-refractivity contribution in [3.63, 3.8) is 0 Å². The third kappa shape index (κ3) is 3.53. The van der Waals surface area contributed by atoms with Crippen molar-refractivity contribution in [3.05, 3.63) is 35.6 Å². The van der Waals surface area contributed by atoms with Gasteiger partial charge in [-0.2, -0.15) is 0 Å². The molecule has 1 N–H and O–H groups in total. The van der Waals surface area contributed by atoms with E-state index in [2.05, 4.69) is 5.32 Å². The Morgan fingerprint density at radius 2 is 2.11 bits per heavy atom. The van der Waals surface area contributed by atoms with E-state index < -0.39 is 5.60 Å². The van der Waals surface area contributed by atoms with Crippen molar-refractivity contribution >= 4 is 5.91 Å². The highest BCUT2D eigenvalue weighted by Crippen LogP contribution is 2.26. The molecule has 1 aromatic carbocycles. The maximum absolute atomic E-state index is 13.8. The van der Waals surface area contributed by atoms with E-state index in [0.717, 1.165) is 6.42 Å². The monoisotopic (exact) mass is 253 g/mol. The average Bonchev–Trinajstić information content (AvgIpc) is 2.37. The van der Waals surface area contributed by atoms with Gasteiger partial charge in [0.05, 0.1) is 6.54 Å². The molecule has 0 bridgehead atoms. The van der Waals surface area contributed by atoms with E-state index in [4.69, 9.17) is 4.74 Å². The largest absolute Gasteiger partial charge is 0.372 e. The molecule has 1 atom stereocenters. The second-order valence-electron chi connectivity index (χ2n) is 4.44. The molecule has 0 heterocycles. The predicted octanol–water partition coefficient (Wildman–Crippen LogP) is 2.60. The lowest BCUT2D eigenvalue weighted by Crippen LogP contribution is -2.40. The van der Waals surface area contributed by atoms with Crippen LogP contribution in [-0.2, 0) is 15.1 Å². The van der Waals surface area contributed by atoms with Crippen molar-refractivity contribution in [2.45, 2.75) is 32.3 Å². The van der Waals surface area contributed by atoms with E-state index in [1.807, 2.05) is 6.92 Å². The first-order valence-corrected chi connectivity index (χ1v) is 6.10. The van der Waals surface area contributed by atoms with E-state index in [-0.39, 0.29) is 18.3 Å². The topological polar surface area (TPSA) is 38.3 Å². The molecule has 0 fully saturated rings. The van der Waals surface area contributed by atoms with Gasteiger partial charge in [-0.05, 0) is 19.4 Å². The fraction of sp³-hybridized carbons (Fsp3) is 0.500. The van der Waals surface area contributed by atoms with Gasteiger partial charge in [0, 0.05) is 19.1 Å². The minimum absolute atomic E-state index is 0.0443. The van der Waals surface area contributed by atoms with Gasteiger partial charge in [-0.15, -0.1) is 0 Å². The number of halogens is 1. The Hall–Kier alpha value is -1.42. The molecule has 1 aromatic rings. The van der Waals surface area contributed by atoms with Crippen molar-refractivity contribution in [2.75, 3.05) is 13.7 Å². The van der Waals surface area contributed by atoms with Crippen LogP contribution < -0.4 is 5.32 Å². The smallest absolute Gasteiger partial charge is 0.220 e. The molecule has 3 nitrogen and oxygen atoms in total. The van der Waals surface area contributed by atoms with Gasteiger partial charge in [0.15, 0.2) is 0 Å². The molecule has 0 aliphatic carbocycles. The lowest BCUT2D eigenvalue weighted by molar-refractivity contribution is -0.122. The normalized spacial score (nSPS) is 14.0. The maximum Gasteiger partial charge on any atom is 0.220 e. The van der Waals surface area contributed by atoms with Crippen LogP contribution in [0.3, 0.4) is 0 Å². The first-order valence-electron chi connectivity index (χ1n) is 6.10.